The van der Waals surface area contributed by atoms with Crippen LogP contribution in [0.1, 0.15) is 22.8 Å². The fourth-order valence-electron chi connectivity index (χ4n) is 2.00. The van der Waals surface area contributed by atoms with E-state index in [4.69, 9.17) is 14.2 Å². The molecule has 2 aromatic rings. The van der Waals surface area contributed by atoms with Crippen molar-refractivity contribution in [2.75, 3.05) is 20.8 Å². The molecule has 0 spiro atoms. The van der Waals surface area contributed by atoms with E-state index in [1.165, 1.54) is 7.11 Å². The minimum Gasteiger partial charge on any atom is -0.497 e. The van der Waals surface area contributed by atoms with Gasteiger partial charge in [-0.2, -0.15) is 5.10 Å². The van der Waals surface area contributed by atoms with Gasteiger partial charge >= 0.3 is 0 Å². The number of carbonyl (C=O) groups excluding carboxylic acids is 1. The normalized spacial score (nSPS) is 10.5. The van der Waals surface area contributed by atoms with Gasteiger partial charge < -0.3 is 14.2 Å². The van der Waals surface area contributed by atoms with E-state index in [0.717, 1.165) is 11.3 Å². The summed E-state index contributed by atoms with van der Waals surface area (Å²) in [6.45, 7) is 2.40. The fraction of sp³-hybridized carbons (Fsp3) is 0.222. The van der Waals surface area contributed by atoms with E-state index >= 15 is 0 Å². The molecule has 0 aliphatic rings. The molecule has 0 aliphatic carbocycles. The molecule has 2 rings (SSSR count). The number of ether oxygens (including phenoxy) is 3. The van der Waals surface area contributed by atoms with Gasteiger partial charge in [-0.15, -0.1) is 0 Å². The average Bonchev–Trinajstić information content (AvgIpc) is 2.62. The lowest BCUT2D eigenvalue weighted by Gasteiger charge is -2.10. The third kappa shape index (κ3) is 4.49. The number of hydrazone groups is 1. The number of carbonyl (C=O) groups is 1. The lowest BCUT2D eigenvalue weighted by molar-refractivity contribution is 0.0954. The smallest absolute Gasteiger partial charge is 0.271 e. The zero-order chi connectivity index (χ0) is 17.4. The summed E-state index contributed by atoms with van der Waals surface area (Å²) in [6, 6.07) is 12.3. The van der Waals surface area contributed by atoms with Crippen LogP contribution in [-0.4, -0.2) is 32.9 Å². The highest BCUT2D eigenvalue weighted by Crippen LogP contribution is 2.27. The van der Waals surface area contributed by atoms with Crippen LogP contribution in [0.5, 0.6) is 17.2 Å². The molecule has 2 aromatic carbocycles. The monoisotopic (exact) mass is 328 g/mol. The van der Waals surface area contributed by atoms with Crippen molar-refractivity contribution in [3.63, 3.8) is 0 Å². The number of nitrogens with one attached hydrogen (secondary N) is 1. The van der Waals surface area contributed by atoms with Gasteiger partial charge in [0.25, 0.3) is 5.91 Å². The Morgan fingerprint density at radius 1 is 1.08 bits per heavy atom. The number of methoxy groups -OCH3 is 2. The Kier molecular flexibility index (Phi) is 6.19. The zero-order valence-electron chi connectivity index (χ0n) is 13.9. The van der Waals surface area contributed by atoms with Crippen LogP contribution in [0.3, 0.4) is 0 Å². The highest BCUT2D eigenvalue weighted by molar-refractivity contribution is 5.95. The first-order valence-corrected chi connectivity index (χ1v) is 7.46. The molecular weight excluding hydrogens is 308 g/mol. The lowest BCUT2D eigenvalue weighted by Crippen LogP contribution is -2.17. The fourth-order valence-corrected chi connectivity index (χ4v) is 2.00. The molecule has 0 aromatic heterocycles. The second kappa shape index (κ2) is 8.57. The molecule has 1 N–H and O–H groups in total. The molecule has 6 heteroatoms. The molecule has 0 aliphatic heterocycles. The molecule has 1 amide bonds. The number of hydrogen-bond acceptors (Lipinski definition) is 5. The van der Waals surface area contributed by atoms with E-state index in [-0.39, 0.29) is 5.91 Å². The van der Waals surface area contributed by atoms with Crippen LogP contribution in [0.2, 0.25) is 0 Å². The van der Waals surface area contributed by atoms with Crippen molar-refractivity contribution in [2.24, 2.45) is 5.10 Å². The Balaban J connectivity index is 2.02. The van der Waals surface area contributed by atoms with Gasteiger partial charge in [-0.3, -0.25) is 4.79 Å². The molecule has 0 unspecified atom stereocenters. The summed E-state index contributed by atoms with van der Waals surface area (Å²) in [5.41, 5.74) is 3.76. The van der Waals surface area contributed by atoms with E-state index in [0.29, 0.717) is 23.7 Å². The Bertz CT molecular complexity index is 711. The van der Waals surface area contributed by atoms with E-state index in [2.05, 4.69) is 10.5 Å². The zero-order valence-corrected chi connectivity index (χ0v) is 13.9. The predicted molar refractivity (Wildman–Crippen MR) is 92.2 cm³/mol. The lowest BCUT2D eigenvalue weighted by atomic mass is 10.2. The first-order valence-electron chi connectivity index (χ1n) is 7.46. The maximum atomic E-state index is 12.1. The van der Waals surface area contributed by atoms with E-state index in [1.54, 1.807) is 31.5 Å². The molecule has 0 atom stereocenters. The molecule has 24 heavy (non-hydrogen) atoms. The highest BCUT2D eigenvalue weighted by Gasteiger charge is 2.10. The highest BCUT2D eigenvalue weighted by atomic mass is 16.5. The van der Waals surface area contributed by atoms with Gasteiger partial charge in [-0.25, -0.2) is 5.43 Å². The van der Waals surface area contributed by atoms with Crippen LogP contribution >= 0.6 is 0 Å². The number of rotatable bonds is 7. The maximum Gasteiger partial charge on any atom is 0.271 e. The molecule has 0 radical (unpaired) electrons. The van der Waals surface area contributed by atoms with Crippen LogP contribution in [0.15, 0.2) is 47.6 Å². The first kappa shape index (κ1) is 17.3. The molecule has 0 bridgehead atoms. The van der Waals surface area contributed by atoms with E-state index < -0.39 is 0 Å². The average molecular weight is 328 g/mol. The van der Waals surface area contributed by atoms with Crippen LogP contribution in [0.4, 0.5) is 0 Å². The minimum atomic E-state index is -0.332. The van der Waals surface area contributed by atoms with Gasteiger partial charge in [0.2, 0.25) is 0 Å². The summed E-state index contributed by atoms with van der Waals surface area (Å²) in [6.07, 6.45) is 1.56. The first-order chi connectivity index (χ1) is 11.7. The van der Waals surface area contributed by atoms with Crippen molar-refractivity contribution < 1.29 is 19.0 Å². The van der Waals surface area contributed by atoms with E-state index in [1.807, 2.05) is 31.2 Å². The van der Waals surface area contributed by atoms with Gasteiger partial charge in [0.1, 0.15) is 5.75 Å². The van der Waals surface area contributed by atoms with Gasteiger partial charge in [0.15, 0.2) is 11.5 Å². The molecule has 0 saturated carbocycles. The summed E-state index contributed by atoms with van der Waals surface area (Å²) in [4.78, 5) is 12.1. The standard InChI is InChI=1S/C18H20N2O4/c1-4-24-16-10-7-14(11-17(16)23-3)18(21)20-19-12-13-5-8-15(22-2)9-6-13/h5-12H,4H2,1-3H3,(H,20,21)/b19-12+. The van der Waals surface area contributed by atoms with Crippen LogP contribution < -0.4 is 19.6 Å². The molecule has 0 saturated heterocycles. The predicted octanol–water partition coefficient (Wildman–Crippen LogP) is 2.87. The van der Waals surface area contributed by atoms with Crippen LogP contribution in [0.25, 0.3) is 0 Å². The molecule has 0 heterocycles. The van der Waals surface area contributed by atoms with Gasteiger partial charge in [-0.05, 0) is 55.0 Å². The molecule has 6 nitrogen and oxygen atoms in total. The van der Waals surface area contributed by atoms with Crippen LogP contribution in [-0.2, 0) is 0 Å². The van der Waals surface area contributed by atoms with Crippen molar-refractivity contribution in [1.82, 2.24) is 5.43 Å². The topological polar surface area (TPSA) is 69.2 Å². The van der Waals surface area contributed by atoms with Gasteiger partial charge in [0.05, 0.1) is 27.0 Å². The number of benzene rings is 2. The summed E-state index contributed by atoms with van der Waals surface area (Å²) in [5.74, 6) is 1.53. The number of nitrogens with zero attached hydrogens (tertiary/aromatic N) is 1. The Labute approximate surface area is 141 Å². The Hall–Kier alpha value is -3.02. The third-order valence-corrected chi connectivity index (χ3v) is 3.22. The maximum absolute atomic E-state index is 12.1. The van der Waals surface area contributed by atoms with Crippen LogP contribution in [0, 0.1) is 0 Å². The van der Waals surface area contributed by atoms with Crippen molar-refractivity contribution in [3.05, 3.63) is 53.6 Å². The van der Waals surface area contributed by atoms with Crippen molar-refractivity contribution in [1.29, 1.82) is 0 Å². The quantitative estimate of drug-likeness (QED) is 0.627. The summed E-state index contributed by atoms with van der Waals surface area (Å²) >= 11 is 0. The SMILES string of the molecule is CCOc1ccc(C(=O)N/N=C/c2ccc(OC)cc2)cc1OC. The summed E-state index contributed by atoms with van der Waals surface area (Å²) in [5, 5.41) is 3.95. The largest absolute Gasteiger partial charge is 0.497 e. The molecule has 126 valence electrons. The van der Waals surface area contributed by atoms with Crippen molar-refractivity contribution in [2.45, 2.75) is 6.92 Å². The van der Waals surface area contributed by atoms with Gasteiger partial charge in [0, 0.05) is 5.56 Å². The number of hydrogen-bond donors (Lipinski definition) is 1. The summed E-state index contributed by atoms with van der Waals surface area (Å²) < 4.78 is 15.7. The third-order valence-electron chi connectivity index (χ3n) is 3.22. The van der Waals surface area contributed by atoms with E-state index in [9.17, 15) is 4.79 Å². The Morgan fingerprint density at radius 2 is 1.83 bits per heavy atom. The second-order valence-corrected chi connectivity index (χ2v) is 4.77. The minimum absolute atomic E-state index is 0.332. The summed E-state index contributed by atoms with van der Waals surface area (Å²) in [7, 11) is 3.13. The second-order valence-electron chi connectivity index (χ2n) is 4.77. The Morgan fingerprint density at radius 3 is 2.46 bits per heavy atom. The van der Waals surface area contributed by atoms with Crippen molar-refractivity contribution >= 4 is 12.1 Å². The molecule has 0 fully saturated rings. The number of amides is 1. The molecular formula is C18H20N2O4. The van der Waals surface area contributed by atoms with Gasteiger partial charge in [-0.1, -0.05) is 0 Å². The van der Waals surface area contributed by atoms with Crippen molar-refractivity contribution in [3.8, 4) is 17.2 Å².